The molecule has 1 aromatic carbocycles. The third kappa shape index (κ3) is 3.86. The van der Waals surface area contributed by atoms with Crippen LogP contribution < -0.4 is 16.2 Å². The standard InChI is InChI=1S/C9H12FN3O4S/c10-6-4-8(13-1-2-18(12,16)17)7(11)3-5(6)9(14)15/h3-4,13H,1-2,11H2,(H,14,15)(H2,12,16,17). The van der Waals surface area contributed by atoms with Crippen LogP contribution in [0.1, 0.15) is 10.4 Å². The Hall–Kier alpha value is -1.87. The van der Waals surface area contributed by atoms with Crippen molar-refractivity contribution in [1.82, 2.24) is 0 Å². The number of carbonyl (C=O) groups is 1. The van der Waals surface area contributed by atoms with Crippen molar-refractivity contribution >= 4 is 27.4 Å². The average Bonchev–Trinajstić information content (AvgIpc) is 2.20. The molecule has 1 aromatic rings. The van der Waals surface area contributed by atoms with E-state index in [4.69, 9.17) is 16.0 Å². The van der Waals surface area contributed by atoms with Crippen LogP contribution >= 0.6 is 0 Å². The van der Waals surface area contributed by atoms with E-state index in [2.05, 4.69) is 5.32 Å². The molecule has 6 N–H and O–H groups in total. The molecule has 0 heterocycles. The van der Waals surface area contributed by atoms with Gasteiger partial charge < -0.3 is 16.2 Å². The number of benzene rings is 1. The monoisotopic (exact) mass is 277 g/mol. The van der Waals surface area contributed by atoms with E-state index in [9.17, 15) is 17.6 Å². The molecule has 0 spiro atoms. The minimum absolute atomic E-state index is 0.00298. The summed E-state index contributed by atoms with van der Waals surface area (Å²) in [6.07, 6.45) is 0. The molecule has 0 aliphatic rings. The first-order chi connectivity index (χ1) is 8.20. The first-order valence-corrected chi connectivity index (χ1v) is 6.49. The molecule has 0 saturated heterocycles. The van der Waals surface area contributed by atoms with Gasteiger partial charge in [0, 0.05) is 6.54 Å². The zero-order valence-corrected chi connectivity index (χ0v) is 10.00. The summed E-state index contributed by atoms with van der Waals surface area (Å²) in [5.41, 5.74) is 5.07. The van der Waals surface area contributed by atoms with E-state index >= 15 is 0 Å². The second kappa shape index (κ2) is 5.19. The highest BCUT2D eigenvalue weighted by Crippen LogP contribution is 2.22. The maximum absolute atomic E-state index is 13.3. The molecule has 0 aliphatic carbocycles. The molecule has 0 radical (unpaired) electrons. The summed E-state index contributed by atoms with van der Waals surface area (Å²) in [6.45, 7) is -0.0606. The molecule has 0 atom stereocenters. The molecular weight excluding hydrogens is 265 g/mol. The second-order valence-corrected chi connectivity index (χ2v) is 5.25. The van der Waals surface area contributed by atoms with Crippen LogP contribution in [0, 0.1) is 5.82 Å². The van der Waals surface area contributed by atoms with Crippen molar-refractivity contribution in [3.05, 3.63) is 23.5 Å². The fourth-order valence-electron chi connectivity index (χ4n) is 1.23. The summed E-state index contributed by atoms with van der Waals surface area (Å²) in [5.74, 6) is -2.75. The lowest BCUT2D eigenvalue weighted by Crippen LogP contribution is -2.22. The first-order valence-electron chi connectivity index (χ1n) is 4.77. The van der Waals surface area contributed by atoms with Crippen molar-refractivity contribution < 1.29 is 22.7 Å². The highest BCUT2D eigenvalue weighted by Gasteiger charge is 2.13. The number of nitrogens with one attached hydrogen (secondary N) is 1. The maximum atomic E-state index is 13.3. The number of rotatable bonds is 5. The predicted molar refractivity (Wildman–Crippen MR) is 64.2 cm³/mol. The van der Waals surface area contributed by atoms with Gasteiger partial charge in [-0.3, -0.25) is 0 Å². The molecule has 0 amide bonds. The minimum Gasteiger partial charge on any atom is -0.478 e. The Morgan fingerprint density at radius 1 is 1.44 bits per heavy atom. The number of hydrogen-bond donors (Lipinski definition) is 4. The molecule has 0 bridgehead atoms. The van der Waals surface area contributed by atoms with Crippen LogP contribution in [0.3, 0.4) is 0 Å². The minimum atomic E-state index is -3.63. The predicted octanol–water partition coefficient (Wildman–Crippen LogP) is -0.193. The third-order valence-corrected chi connectivity index (χ3v) is 2.84. The summed E-state index contributed by atoms with van der Waals surface area (Å²) in [4.78, 5) is 10.6. The topological polar surface area (TPSA) is 136 Å². The van der Waals surface area contributed by atoms with Gasteiger partial charge in [0.25, 0.3) is 0 Å². The fourth-order valence-corrected chi connectivity index (χ4v) is 1.62. The van der Waals surface area contributed by atoms with Crippen molar-refractivity contribution in [2.75, 3.05) is 23.3 Å². The Morgan fingerprint density at radius 3 is 2.56 bits per heavy atom. The van der Waals surface area contributed by atoms with E-state index in [-0.39, 0.29) is 23.7 Å². The van der Waals surface area contributed by atoms with Gasteiger partial charge >= 0.3 is 5.97 Å². The quantitative estimate of drug-likeness (QED) is 0.551. The second-order valence-electron chi connectivity index (χ2n) is 3.52. The largest absolute Gasteiger partial charge is 0.478 e. The Balaban J connectivity index is 2.85. The molecule has 0 unspecified atom stereocenters. The van der Waals surface area contributed by atoms with Crippen LogP contribution in [0.15, 0.2) is 12.1 Å². The first kappa shape index (κ1) is 14.2. The van der Waals surface area contributed by atoms with Gasteiger partial charge in [0.05, 0.1) is 22.7 Å². The lowest BCUT2D eigenvalue weighted by atomic mass is 10.1. The van der Waals surface area contributed by atoms with Crippen molar-refractivity contribution in [2.24, 2.45) is 5.14 Å². The van der Waals surface area contributed by atoms with Crippen molar-refractivity contribution in [3.63, 3.8) is 0 Å². The number of sulfonamides is 1. The fraction of sp³-hybridized carbons (Fsp3) is 0.222. The number of aromatic carboxylic acids is 1. The Kier molecular flexibility index (Phi) is 4.09. The van der Waals surface area contributed by atoms with Crippen LogP contribution in [0.5, 0.6) is 0 Å². The molecule has 7 nitrogen and oxygen atoms in total. The van der Waals surface area contributed by atoms with E-state index in [0.29, 0.717) is 0 Å². The zero-order valence-electron chi connectivity index (χ0n) is 9.18. The number of primary sulfonamides is 1. The molecule has 1 rings (SSSR count). The Morgan fingerprint density at radius 2 is 2.06 bits per heavy atom. The summed E-state index contributed by atoms with van der Waals surface area (Å²) >= 11 is 0. The SMILES string of the molecule is Nc1cc(C(=O)O)c(F)cc1NCCS(N)(=O)=O. The molecule has 0 aromatic heterocycles. The van der Waals surface area contributed by atoms with Crippen molar-refractivity contribution in [2.45, 2.75) is 0 Å². The van der Waals surface area contributed by atoms with E-state index in [1.807, 2.05) is 0 Å². The normalized spacial score (nSPS) is 11.2. The average molecular weight is 277 g/mol. The van der Waals surface area contributed by atoms with E-state index in [0.717, 1.165) is 12.1 Å². The molecule has 9 heteroatoms. The smallest absolute Gasteiger partial charge is 0.338 e. The van der Waals surface area contributed by atoms with Crippen molar-refractivity contribution in [1.29, 1.82) is 0 Å². The van der Waals surface area contributed by atoms with Gasteiger partial charge in [-0.1, -0.05) is 0 Å². The van der Waals surface area contributed by atoms with Crippen LogP contribution in [0.4, 0.5) is 15.8 Å². The van der Waals surface area contributed by atoms with Crippen LogP contribution in [0.25, 0.3) is 0 Å². The molecule has 0 saturated carbocycles. The summed E-state index contributed by atoms with van der Waals surface area (Å²) in [7, 11) is -3.63. The lowest BCUT2D eigenvalue weighted by Gasteiger charge is -2.10. The van der Waals surface area contributed by atoms with Crippen LogP contribution in [-0.2, 0) is 10.0 Å². The number of carboxylic acid groups (broad SMARTS) is 1. The molecule has 0 aliphatic heterocycles. The van der Waals surface area contributed by atoms with Gasteiger partial charge in [0.1, 0.15) is 5.82 Å². The van der Waals surface area contributed by atoms with Crippen molar-refractivity contribution in [3.8, 4) is 0 Å². The molecular formula is C9H12FN3O4S. The summed E-state index contributed by atoms with van der Waals surface area (Å²) < 4.78 is 34.7. The maximum Gasteiger partial charge on any atom is 0.338 e. The third-order valence-electron chi connectivity index (χ3n) is 2.07. The van der Waals surface area contributed by atoms with Gasteiger partial charge in [0.15, 0.2) is 0 Å². The highest BCUT2D eigenvalue weighted by atomic mass is 32.2. The number of anilines is 2. The molecule has 0 fully saturated rings. The van der Waals surface area contributed by atoms with Gasteiger partial charge in [-0.05, 0) is 12.1 Å². The number of nitrogen functional groups attached to an aromatic ring is 1. The Labute approximate surface area is 103 Å². The lowest BCUT2D eigenvalue weighted by molar-refractivity contribution is 0.0692. The van der Waals surface area contributed by atoms with Crippen LogP contribution in [-0.4, -0.2) is 31.8 Å². The number of carboxylic acids is 1. The zero-order chi connectivity index (χ0) is 13.9. The highest BCUT2D eigenvalue weighted by molar-refractivity contribution is 7.89. The van der Waals surface area contributed by atoms with Crippen LogP contribution in [0.2, 0.25) is 0 Å². The van der Waals surface area contributed by atoms with E-state index < -0.39 is 27.4 Å². The number of nitrogens with two attached hydrogens (primary N) is 2. The Bertz CT molecular complexity index is 573. The van der Waals surface area contributed by atoms with Gasteiger partial charge in [-0.2, -0.15) is 0 Å². The molecule has 18 heavy (non-hydrogen) atoms. The molecule has 100 valence electrons. The summed E-state index contributed by atoms with van der Waals surface area (Å²) in [6, 6.07) is 1.85. The van der Waals surface area contributed by atoms with Gasteiger partial charge in [-0.15, -0.1) is 0 Å². The van der Waals surface area contributed by atoms with Gasteiger partial charge in [0.2, 0.25) is 10.0 Å². The van der Waals surface area contributed by atoms with E-state index in [1.54, 1.807) is 0 Å². The number of hydrogen-bond acceptors (Lipinski definition) is 5. The summed E-state index contributed by atoms with van der Waals surface area (Å²) in [5, 5.41) is 16.0. The van der Waals surface area contributed by atoms with Gasteiger partial charge in [-0.25, -0.2) is 22.7 Å². The van der Waals surface area contributed by atoms with E-state index in [1.165, 1.54) is 0 Å². The number of halogens is 1.